The van der Waals surface area contributed by atoms with Crippen LogP contribution in [-0.2, 0) is 16.1 Å². The lowest BCUT2D eigenvalue weighted by atomic mass is 10.0. The molecule has 2 amide bonds. The summed E-state index contributed by atoms with van der Waals surface area (Å²) in [5, 5.41) is 0.785. The third-order valence-electron chi connectivity index (χ3n) is 6.09. The Morgan fingerprint density at radius 2 is 2.00 bits per heavy atom. The maximum Gasteiger partial charge on any atom is 0.247 e. The standard InChI is InChI=1S/C25H29N7O2/c1-3-4-21-25(34)31(14-18-5-8-19-20(11-18)29-15-30-24(19)27)16(2)13-32(21)23(33)10-7-17-6-9-22(26)28-12-17/h5-12,15-16,21H,3-4,13-14H2,1-2H3,(H2,26,28)(H2,27,29,30)/t16-,21+/m1/s1. The van der Waals surface area contributed by atoms with Gasteiger partial charge in [0.15, 0.2) is 0 Å². The molecule has 3 aromatic rings. The lowest BCUT2D eigenvalue weighted by Gasteiger charge is -2.44. The molecule has 1 fully saturated rings. The topological polar surface area (TPSA) is 131 Å². The number of nitrogens with zero attached hydrogens (tertiary/aromatic N) is 5. The first-order valence-electron chi connectivity index (χ1n) is 11.4. The highest BCUT2D eigenvalue weighted by Crippen LogP contribution is 2.25. The summed E-state index contributed by atoms with van der Waals surface area (Å²) in [6, 6.07) is 8.60. The van der Waals surface area contributed by atoms with Crippen LogP contribution in [0.2, 0.25) is 0 Å². The molecular formula is C25H29N7O2. The zero-order valence-corrected chi connectivity index (χ0v) is 19.4. The maximum atomic E-state index is 13.5. The van der Waals surface area contributed by atoms with Gasteiger partial charge in [-0.3, -0.25) is 9.59 Å². The van der Waals surface area contributed by atoms with E-state index in [0.717, 1.165) is 28.5 Å². The van der Waals surface area contributed by atoms with Crippen molar-refractivity contribution in [3.05, 3.63) is 60.1 Å². The molecule has 1 saturated heterocycles. The van der Waals surface area contributed by atoms with Crippen LogP contribution in [0.4, 0.5) is 11.6 Å². The minimum absolute atomic E-state index is 0.0428. The van der Waals surface area contributed by atoms with Crippen molar-refractivity contribution in [2.24, 2.45) is 0 Å². The van der Waals surface area contributed by atoms with Crippen molar-refractivity contribution in [1.29, 1.82) is 0 Å². The van der Waals surface area contributed by atoms with Crippen LogP contribution in [-0.4, -0.2) is 55.2 Å². The maximum absolute atomic E-state index is 13.5. The molecule has 9 nitrogen and oxygen atoms in total. The molecule has 1 aromatic carbocycles. The molecule has 176 valence electrons. The summed E-state index contributed by atoms with van der Waals surface area (Å²) < 4.78 is 0. The van der Waals surface area contributed by atoms with E-state index in [1.54, 1.807) is 29.3 Å². The summed E-state index contributed by atoms with van der Waals surface area (Å²) >= 11 is 0. The van der Waals surface area contributed by atoms with Crippen LogP contribution in [0.15, 0.2) is 48.9 Å². The predicted molar refractivity (Wildman–Crippen MR) is 132 cm³/mol. The molecule has 0 unspecified atom stereocenters. The first-order valence-corrected chi connectivity index (χ1v) is 11.4. The van der Waals surface area contributed by atoms with Gasteiger partial charge in [-0.2, -0.15) is 0 Å². The molecule has 4 N–H and O–H groups in total. The average Bonchev–Trinajstić information content (AvgIpc) is 2.83. The number of rotatable bonds is 6. The number of hydrogen-bond acceptors (Lipinski definition) is 7. The number of nitrogen functional groups attached to an aromatic ring is 2. The van der Waals surface area contributed by atoms with E-state index in [4.69, 9.17) is 11.5 Å². The van der Waals surface area contributed by atoms with Crippen molar-refractivity contribution in [2.75, 3.05) is 18.0 Å². The van der Waals surface area contributed by atoms with Crippen LogP contribution in [0.5, 0.6) is 0 Å². The number of carbonyl (C=O) groups excluding carboxylic acids is 2. The van der Waals surface area contributed by atoms with E-state index in [9.17, 15) is 9.59 Å². The quantitative estimate of drug-likeness (QED) is 0.542. The summed E-state index contributed by atoms with van der Waals surface area (Å²) in [6.45, 7) is 4.88. The molecule has 0 radical (unpaired) electrons. The van der Waals surface area contributed by atoms with Gasteiger partial charge in [0.05, 0.1) is 5.52 Å². The molecule has 34 heavy (non-hydrogen) atoms. The minimum Gasteiger partial charge on any atom is -0.384 e. The Labute approximate surface area is 198 Å². The minimum atomic E-state index is -0.499. The fraction of sp³-hybridized carbons (Fsp3) is 0.320. The zero-order chi connectivity index (χ0) is 24.2. The predicted octanol–water partition coefficient (Wildman–Crippen LogP) is 2.63. The first kappa shape index (κ1) is 23.2. The molecule has 2 atom stereocenters. The van der Waals surface area contributed by atoms with Gasteiger partial charge >= 0.3 is 0 Å². The van der Waals surface area contributed by atoms with Crippen molar-refractivity contribution in [3.8, 4) is 0 Å². The third-order valence-corrected chi connectivity index (χ3v) is 6.09. The lowest BCUT2D eigenvalue weighted by molar-refractivity contribution is -0.153. The number of hydrogen-bond donors (Lipinski definition) is 2. The highest BCUT2D eigenvalue weighted by molar-refractivity contribution is 5.96. The van der Waals surface area contributed by atoms with Crippen molar-refractivity contribution >= 4 is 40.4 Å². The van der Waals surface area contributed by atoms with Gasteiger partial charge in [0.1, 0.15) is 24.0 Å². The van der Waals surface area contributed by atoms with E-state index in [-0.39, 0.29) is 17.9 Å². The van der Waals surface area contributed by atoms with Gasteiger partial charge in [-0.05, 0) is 54.8 Å². The van der Waals surface area contributed by atoms with Gasteiger partial charge in [-0.15, -0.1) is 0 Å². The molecule has 2 aromatic heterocycles. The Kier molecular flexibility index (Phi) is 6.72. The Balaban J connectivity index is 1.52. The van der Waals surface area contributed by atoms with Gasteiger partial charge in [0.2, 0.25) is 11.8 Å². The van der Waals surface area contributed by atoms with Crippen LogP contribution in [0.25, 0.3) is 17.0 Å². The van der Waals surface area contributed by atoms with Crippen LogP contribution < -0.4 is 11.5 Å². The first-order chi connectivity index (χ1) is 16.4. The Morgan fingerprint density at radius 1 is 1.18 bits per heavy atom. The highest BCUT2D eigenvalue weighted by atomic mass is 16.2. The van der Waals surface area contributed by atoms with Gasteiger partial charge in [0, 0.05) is 36.8 Å². The number of piperazine rings is 1. The smallest absolute Gasteiger partial charge is 0.247 e. The molecule has 0 spiro atoms. The molecule has 9 heteroatoms. The number of benzene rings is 1. The Morgan fingerprint density at radius 3 is 2.74 bits per heavy atom. The van der Waals surface area contributed by atoms with Gasteiger partial charge < -0.3 is 21.3 Å². The molecule has 0 bridgehead atoms. The summed E-state index contributed by atoms with van der Waals surface area (Å²) in [6.07, 6.45) is 7.63. The van der Waals surface area contributed by atoms with Crippen LogP contribution in [0.3, 0.4) is 0 Å². The third kappa shape index (κ3) is 4.83. The van der Waals surface area contributed by atoms with E-state index in [1.165, 1.54) is 12.4 Å². The second-order valence-electron chi connectivity index (χ2n) is 8.57. The molecule has 0 saturated carbocycles. The van der Waals surface area contributed by atoms with E-state index >= 15 is 0 Å². The molecule has 1 aliphatic heterocycles. The number of amides is 2. The van der Waals surface area contributed by atoms with E-state index in [1.807, 2.05) is 36.9 Å². The molecular weight excluding hydrogens is 430 g/mol. The summed E-state index contributed by atoms with van der Waals surface area (Å²) in [7, 11) is 0. The van der Waals surface area contributed by atoms with Crippen molar-refractivity contribution < 1.29 is 9.59 Å². The second kappa shape index (κ2) is 9.86. The molecule has 0 aliphatic carbocycles. The largest absolute Gasteiger partial charge is 0.384 e. The molecule has 4 rings (SSSR count). The number of anilines is 2. The van der Waals surface area contributed by atoms with Gasteiger partial charge in [-0.25, -0.2) is 15.0 Å². The Bertz CT molecular complexity index is 1230. The van der Waals surface area contributed by atoms with Gasteiger partial charge in [-0.1, -0.05) is 19.4 Å². The van der Waals surface area contributed by atoms with E-state index in [2.05, 4.69) is 15.0 Å². The van der Waals surface area contributed by atoms with Crippen LogP contribution >= 0.6 is 0 Å². The fourth-order valence-electron chi connectivity index (χ4n) is 4.28. The number of nitrogens with two attached hydrogens (primary N) is 2. The van der Waals surface area contributed by atoms with E-state index in [0.29, 0.717) is 31.1 Å². The highest BCUT2D eigenvalue weighted by Gasteiger charge is 2.39. The monoisotopic (exact) mass is 459 g/mol. The van der Waals surface area contributed by atoms with E-state index < -0.39 is 6.04 Å². The number of pyridine rings is 1. The number of fused-ring (bicyclic) bond motifs is 1. The second-order valence-corrected chi connectivity index (χ2v) is 8.57. The summed E-state index contributed by atoms with van der Waals surface area (Å²) in [5.41, 5.74) is 14.0. The summed E-state index contributed by atoms with van der Waals surface area (Å²) in [4.78, 5) is 42.5. The SMILES string of the molecule is CCC[C@H]1C(=O)N(Cc2ccc3c(N)ncnc3c2)[C@H](C)CN1C(=O)C=Cc1ccc(N)nc1. The van der Waals surface area contributed by atoms with Crippen molar-refractivity contribution in [3.63, 3.8) is 0 Å². The fourth-order valence-corrected chi connectivity index (χ4v) is 4.28. The normalized spacial score (nSPS) is 18.7. The van der Waals surface area contributed by atoms with Crippen LogP contribution in [0.1, 0.15) is 37.8 Å². The lowest BCUT2D eigenvalue weighted by Crippen LogP contribution is -2.61. The summed E-state index contributed by atoms with van der Waals surface area (Å²) in [5.74, 6) is 0.620. The number of carbonyl (C=O) groups is 2. The Hall–Kier alpha value is -4.01. The number of aromatic nitrogens is 3. The average molecular weight is 460 g/mol. The molecule has 1 aliphatic rings. The molecule has 3 heterocycles. The van der Waals surface area contributed by atoms with Gasteiger partial charge in [0.25, 0.3) is 0 Å². The van der Waals surface area contributed by atoms with Crippen LogP contribution in [0, 0.1) is 0 Å². The van der Waals surface area contributed by atoms with Crippen molar-refractivity contribution in [2.45, 2.75) is 45.3 Å². The zero-order valence-electron chi connectivity index (χ0n) is 19.4. The van der Waals surface area contributed by atoms with Crippen molar-refractivity contribution in [1.82, 2.24) is 24.8 Å².